The van der Waals surface area contributed by atoms with Gasteiger partial charge in [0, 0.05) is 12.2 Å². The van der Waals surface area contributed by atoms with Crippen LogP contribution in [0.2, 0.25) is 0 Å². The van der Waals surface area contributed by atoms with Crippen LogP contribution in [0, 0.1) is 6.92 Å². The summed E-state index contributed by atoms with van der Waals surface area (Å²) in [5, 5.41) is 14.0. The second-order valence-electron chi connectivity index (χ2n) is 4.66. The Morgan fingerprint density at radius 2 is 1.95 bits per heavy atom. The highest BCUT2D eigenvalue weighted by molar-refractivity contribution is 7.99. The van der Waals surface area contributed by atoms with Gasteiger partial charge in [0.15, 0.2) is 5.82 Å². The zero-order valence-electron chi connectivity index (χ0n) is 11.5. The SMILES string of the molecule is CCCc1nnc2n1N=C(c1ccc(C)cc1)CS2.[Br-]. The van der Waals surface area contributed by atoms with Gasteiger partial charge in [-0.05, 0) is 18.9 Å². The average Bonchev–Trinajstić information content (AvgIpc) is 2.83. The van der Waals surface area contributed by atoms with Crippen molar-refractivity contribution in [1.82, 2.24) is 14.9 Å². The maximum absolute atomic E-state index is 4.71. The molecule has 0 fully saturated rings. The summed E-state index contributed by atoms with van der Waals surface area (Å²) in [4.78, 5) is 0. The van der Waals surface area contributed by atoms with E-state index in [1.54, 1.807) is 11.8 Å². The number of thioether (sulfide) groups is 1. The van der Waals surface area contributed by atoms with Gasteiger partial charge in [-0.1, -0.05) is 48.5 Å². The van der Waals surface area contributed by atoms with Crippen molar-refractivity contribution in [3.63, 3.8) is 0 Å². The van der Waals surface area contributed by atoms with Gasteiger partial charge >= 0.3 is 0 Å². The molecule has 3 rings (SSSR count). The molecule has 20 heavy (non-hydrogen) atoms. The molecular weight excluding hydrogens is 336 g/mol. The number of nitrogens with zero attached hydrogens (tertiary/aromatic N) is 4. The summed E-state index contributed by atoms with van der Waals surface area (Å²) in [6, 6.07) is 8.50. The molecule has 1 aliphatic rings. The Kier molecular flexibility index (Phi) is 4.99. The van der Waals surface area contributed by atoms with Crippen LogP contribution in [0.5, 0.6) is 0 Å². The van der Waals surface area contributed by atoms with Gasteiger partial charge in [-0.3, -0.25) is 0 Å². The Morgan fingerprint density at radius 3 is 2.65 bits per heavy atom. The number of fused-ring (bicyclic) bond motifs is 1. The van der Waals surface area contributed by atoms with Crippen LogP contribution < -0.4 is 17.0 Å². The van der Waals surface area contributed by atoms with Crippen molar-refractivity contribution in [2.45, 2.75) is 31.8 Å². The number of rotatable bonds is 3. The Morgan fingerprint density at radius 1 is 1.20 bits per heavy atom. The second-order valence-corrected chi connectivity index (χ2v) is 5.60. The molecule has 1 aromatic carbocycles. The fourth-order valence-corrected chi connectivity index (χ4v) is 2.89. The number of benzene rings is 1. The van der Waals surface area contributed by atoms with Gasteiger partial charge in [-0.25, -0.2) is 0 Å². The minimum absolute atomic E-state index is 0. The van der Waals surface area contributed by atoms with E-state index in [1.807, 2.05) is 4.68 Å². The van der Waals surface area contributed by atoms with E-state index in [1.165, 1.54) is 11.1 Å². The molecule has 1 aromatic heterocycles. The van der Waals surface area contributed by atoms with Gasteiger partial charge in [-0.15, -0.1) is 10.2 Å². The standard InChI is InChI=1S/C14H16N4S.BrH/c1-3-4-13-15-16-14-18(13)17-12(9-19-14)11-7-5-10(2)6-8-11;/h5-8H,3-4,9H2,1-2H3;1H/p-1. The van der Waals surface area contributed by atoms with Crippen LogP contribution >= 0.6 is 11.8 Å². The van der Waals surface area contributed by atoms with Gasteiger partial charge in [0.1, 0.15) is 0 Å². The molecule has 0 atom stereocenters. The summed E-state index contributed by atoms with van der Waals surface area (Å²) in [7, 11) is 0. The molecule has 0 N–H and O–H groups in total. The minimum Gasteiger partial charge on any atom is -1.00 e. The maximum Gasteiger partial charge on any atom is 0.212 e. The average molecular weight is 352 g/mol. The minimum atomic E-state index is 0. The quantitative estimate of drug-likeness (QED) is 0.775. The molecule has 0 spiro atoms. The third-order valence-corrected chi connectivity index (χ3v) is 4.02. The van der Waals surface area contributed by atoms with E-state index >= 15 is 0 Å². The molecule has 0 aliphatic carbocycles. The molecule has 4 nitrogen and oxygen atoms in total. The Balaban J connectivity index is 0.00000147. The van der Waals surface area contributed by atoms with Gasteiger partial charge in [0.2, 0.25) is 5.16 Å². The second kappa shape index (κ2) is 6.54. The molecule has 1 aliphatic heterocycles. The number of halogens is 1. The first-order valence-electron chi connectivity index (χ1n) is 6.50. The van der Waals surface area contributed by atoms with E-state index in [0.29, 0.717) is 0 Å². The zero-order valence-corrected chi connectivity index (χ0v) is 13.9. The van der Waals surface area contributed by atoms with Crippen molar-refractivity contribution >= 4 is 17.5 Å². The molecule has 0 amide bonds. The Labute approximate surface area is 133 Å². The van der Waals surface area contributed by atoms with Crippen molar-refractivity contribution in [3.05, 3.63) is 41.2 Å². The molecule has 0 radical (unpaired) electrons. The highest BCUT2D eigenvalue weighted by Crippen LogP contribution is 2.24. The largest absolute Gasteiger partial charge is 1.00 e. The van der Waals surface area contributed by atoms with Crippen molar-refractivity contribution in [2.75, 3.05) is 5.75 Å². The van der Waals surface area contributed by atoms with E-state index < -0.39 is 0 Å². The fourth-order valence-electron chi connectivity index (χ4n) is 2.04. The van der Waals surface area contributed by atoms with Crippen LogP contribution in [0.1, 0.15) is 30.3 Å². The summed E-state index contributed by atoms with van der Waals surface area (Å²) < 4.78 is 1.90. The van der Waals surface area contributed by atoms with Crippen molar-refractivity contribution in [1.29, 1.82) is 0 Å². The summed E-state index contributed by atoms with van der Waals surface area (Å²) in [5.41, 5.74) is 3.54. The first-order valence-corrected chi connectivity index (χ1v) is 7.48. The summed E-state index contributed by atoms with van der Waals surface area (Å²) in [5.74, 6) is 1.81. The molecule has 0 saturated carbocycles. The summed E-state index contributed by atoms with van der Waals surface area (Å²) in [6.07, 6.45) is 1.97. The van der Waals surface area contributed by atoms with Gasteiger partial charge in [0.05, 0.1) is 5.71 Å². The zero-order chi connectivity index (χ0) is 13.2. The first-order chi connectivity index (χ1) is 9.28. The first kappa shape index (κ1) is 15.3. The molecule has 2 aromatic rings. The van der Waals surface area contributed by atoms with Crippen LogP contribution in [0.4, 0.5) is 0 Å². The number of hydrogen-bond donors (Lipinski definition) is 0. The highest BCUT2D eigenvalue weighted by atomic mass is 79.9. The molecule has 6 heteroatoms. The lowest BCUT2D eigenvalue weighted by Gasteiger charge is -2.13. The van der Waals surface area contributed by atoms with Crippen LogP contribution in [0.15, 0.2) is 34.5 Å². The van der Waals surface area contributed by atoms with Crippen LogP contribution in [0.3, 0.4) is 0 Å². The van der Waals surface area contributed by atoms with Crippen molar-refractivity contribution < 1.29 is 17.0 Å². The van der Waals surface area contributed by atoms with Gasteiger partial charge in [0.25, 0.3) is 0 Å². The summed E-state index contributed by atoms with van der Waals surface area (Å²) >= 11 is 1.70. The topological polar surface area (TPSA) is 43.1 Å². The maximum atomic E-state index is 4.71. The number of aromatic nitrogens is 3. The van der Waals surface area contributed by atoms with Gasteiger partial charge < -0.3 is 17.0 Å². The Bertz CT molecular complexity index is 619. The fraction of sp³-hybridized carbons (Fsp3) is 0.357. The molecule has 2 heterocycles. The van der Waals surface area contributed by atoms with E-state index in [0.717, 1.165) is 35.3 Å². The van der Waals surface area contributed by atoms with Crippen LogP contribution in [-0.4, -0.2) is 26.3 Å². The predicted molar refractivity (Wildman–Crippen MR) is 77.9 cm³/mol. The van der Waals surface area contributed by atoms with E-state index in [9.17, 15) is 0 Å². The monoisotopic (exact) mass is 351 g/mol. The lowest BCUT2D eigenvalue weighted by molar-refractivity contribution is -0.00000410. The molecule has 0 unspecified atom stereocenters. The van der Waals surface area contributed by atoms with Crippen LogP contribution in [0.25, 0.3) is 0 Å². The van der Waals surface area contributed by atoms with Crippen molar-refractivity contribution in [3.8, 4) is 0 Å². The number of aryl methyl sites for hydroxylation is 2. The molecular formula is C14H16BrN4S-. The van der Waals surface area contributed by atoms with E-state index in [2.05, 4.69) is 48.3 Å². The predicted octanol–water partition coefficient (Wildman–Crippen LogP) is -0.0989. The Hall–Kier alpha value is -1.14. The van der Waals surface area contributed by atoms with E-state index in [-0.39, 0.29) is 17.0 Å². The number of hydrogen-bond acceptors (Lipinski definition) is 4. The smallest absolute Gasteiger partial charge is 0.212 e. The lowest BCUT2D eigenvalue weighted by atomic mass is 10.1. The lowest BCUT2D eigenvalue weighted by Crippen LogP contribution is -3.00. The summed E-state index contributed by atoms with van der Waals surface area (Å²) in [6.45, 7) is 4.24. The third-order valence-electron chi connectivity index (χ3n) is 3.09. The van der Waals surface area contributed by atoms with Crippen LogP contribution in [-0.2, 0) is 6.42 Å². The molecule has 0 bridgehead atoms. The molecule has 106 valence electrons. The third kappa shape index (κ3) is 2.96. The molecule has 0 saturated heterocycles. The van der Waals surface area contributed by atoms with Gasteiger partial charge in [-0.2, -0.15) is 9.78 Å². The highest BCUT2D eigenvalue weighted by Gasteiger charge is 2.19. The van der Waals surface area contributed by atoms with Crippen molar-refractivity contribution in [2.24, 2.45) is 5.10 Å². The normalized spacial score (nSPS) is 13.4. The van der Waals surface area contributed by atoms with E-state index in [4.69, 9.17) is 5.10 Å².